The summed E-state index contributed by atoms with van der Waals surface area (Å²) in [6, 6.07) is 5.70. The minimum absolute atomic E-state index is 0.0803. The molecule has 2 aliphatic rings. The molecular formula is C22H33N3O6S. The van der Waals surface area contributed by atoms with Gasteiger partial charge in [-0.15, -0.1) is 0 Å². The van der Waals surface area contributed by atoms with Gasteiger partial charge in [0.15, 0.2) is 0 Å². The molecule has 10 heteroatoms. The van der Waals surface area contributed by atoms with Crippen LogP contribution in [0.25, 0.3) is 0 Å². The fourth-order valence-corrected chi connectivity index (χ4v) is 5.26. The Hall–Kier alpha value is -2.17. The number of rotatable bonds is 8. The van der Waals surface area contributed by atoms with Gasteiger partial charge in [-0.25, -0.2) is 13.1 Å². The molecule has 1 atom stereocenters. The Kier molecular flexibility index (Phi) is 8.50. The van der Waals surface area contributed by atoms with E-state index in [1.54, 1.807) is 24.0 Å². The van der Waals surface area contributed by atoms with Gasteiger partial charge in [-0.1, -0.05) is 0 Å². The number of benzene rings is 1. The highest BCUT2D eigenvalue weighted by atomic mass is 32.2. The van der Waals surface area contributed by atoms with E-state index in [1.807, 2.05) is 0 Å². The van der Waals surface area contributed by atoms with Crippen molar-refractivity contribution in [2.24, 2.45) is 11.8 Å². The standard InChI is InChI=1S/C22H33N3O6S/c1-16(22(27)25-11-13-31-14-12-25)24-21(26)18-5-3-17(4-6-18)15-23-32(28,29)20-9-7-19(30-2)8-10-20/h7-10,16-18,23H,3-6,11-15H2,1-2H3,(H,24,26). The Balaban J connectivity index is 1.42. The highest BCUT2D eigenvalue weighted by Crippen LogP contribution is 2.29. The van der Waals surface area contributed by atoms with E-state index < -0.39 is 16.1 Å². The van der Waals surface area contributed by atoms with Crippen molar-refractivity contribution in [2.45, 2.75) is 43.5 Å². The highest BCUT2D eigenvalue weighted by Gasteiger charge is 2.30. The maximum absolute atomic E-state index is 12.6. The Morgan fingerprint density at radius 2 is 1.75 bits per heavy atom. The smallest absolute Gasteiger partial charge is 0.245 e. The molecule has 0 spiro atoms. The summed E-state index contributed by atoms with van der Waals surface area (Å²) in [5.74, 6) is 0.449. The number of ether oxygens (including phenoxy) is 2. The zero-order valence-corrected chi connectivity index (χ0v) is 19.5. The summed E-state index contributed by atoms with van der Waals surface area (Å²) >= 11 is 0. The van der Waals surface area contributed by atoms with E-state index in [0.717, 1.165) is 12.8 Å². The van der Waals surface area contributed by atoms with Crippen molar-refractivity contribution >= 4 is 21.8 Å². The molecule has 1 saturated heterocycles. The zero-order chi connectivity index (χ0) is 23.1. The zero-order valence-electron chi connectivity index (χ0n) is 18.7. The molecule has 1 aromatic carbocycles. The van der Waals surface area contributed by atoms with Gasteiger partial charge >= 0.3 is 0 Å². The first-order chi connectivity index (χ1) is 15.3. The summed E-state index contributed by atoms with van der Waals surface area (Å²) in [7, 11) is -2.06. The molecule has 2 amide bonds. The van der Waals surface area contributed by atoms with Gasteiger partial charge in [0.1, 0.15) is 11.8 Å². The molecule has 1 aromatic rings. The third-order valence-electron chi connectivity index (χ3n) is 6.20. The number of nitrogens with one attached hydrogen (secondary N) is 2. The second-order valence-corrected chi connectivity index (χ2v) is 10.2. The molecule has 0 aromatic heterocycles. The Bertz CT molecular complexity index is 875. The number of morpholine rings is 1. The number of methoxy groups -OCH3 is 1. The van der Waals surface area contributed by atoms with Gasteiger partial charge in [0.2, 0.25) is 21.8 Å². The van der Waals surface area contributed by atoms with Crippen LogP contribution < -0.4 is 14.8 Å². The minimum atomic E-state index is -3.59. The third-order valence-corrected chi connectivity index (χ3v) is 7.64. The fourth-order valence-electron chi connectivity index (χ4n) is 4.15. The van der Waals surface area contributed by atoms with Crippen LogP contribution in [-0.2, 0) is 24.3 Å². The third kappa shape index (κ3) is 6.43. The van der Waals surface area contributed by atoms with Crippen LogP contribution in [0, 0.1) is 11.8 Å². The Morgan fingerprint density at radius 3 is 2.34 bits per heavy atom. The van der Waals surface area contributed by atoms with Gasteiger partial charge < -0.3 is 19.7 Å². The monoisotopic (exact) mass is 467 g/mol. The highest BCUT2D eigenvalue weighted by molar-refractivity contribution is 7.89. The van der Waals surface area contributed by atoms with E-state index in [4.69, 9.17) is 9.47 Å². The minimum Gasteiger partial charge on any atom is -0.497 e. The van der Waals surface area contributed by atoms with Crippen LogP contribution in [0.1, 0.15) is 32.6 Å². The number of hydrogen-bond donors (Lipinski definition) is 2. The molecule has 9 nitrogen and oxygen atoms in total. The van der Waals surface area contributed by atoms with Crippen molar-refractivity contribution in [1.29, 1.82) is 0 Å². The fraction of sp³-hybridized carbons (Fsp3) is 0.636. The van der Waals surface area contributed by atoms with Crippen LogP contribution in [0.2, 0.25) is 0 Å². The summed E-state index contributed by atoms with van der Waals surface area (Å²) in [4.78, 5) is 27.0. The molecule has 0 bridgehead atoms. The van der Waals surface area contributed by atoms with Crippen molar-refractivity contribution in [3.05, 3.63) is 24.3 Å². The van der Waals surface area contributed by atoms with Crippen LogP contribution in [-0.4, -0.2) is 71.1 Å². The Labute approximate surface area is 189 Å². The van der Waals surface area contributed by atoms with Gasteiger partial charge in [-0.05, 0) is 62.8 Å². The van der Waals surface area contributed by atoms with Crippen molar-refractivity contribution < 1.29 is 27.5 Å². The molecule has 1 unspecified atom stereocenters. The summed E-state index contributed by atoms with van der Waals surface area (Å²) in [6.45, 7) is 4.22. The van der Waals surface area contributed by atoms with Crippen LogP contribution >= 0.6 is 0 Å². The summed E-state index contributed by atoms with van der Waals surface area (Å²) < 4.78 is 38.0. The normalized spacial score (nSPS) is 22.8. The lowest BCUT2D eigenvalue weighted by molar-refractivity contribution is -0.140. The number of amides is 2. The number of carbonyl (C=O) groups is 2. The van der Waals surface area contributed by atoms with E-state index in [-0.39, 0.29) is 28.5 Å². The van der Waals surface area contributed by atoms with E-state index >= 15 is 0 Å². The van der Waals surface area contributed by atoms with E-state index in [0.29, 0.717) is 51.4 Å². The molecule has 32 heavy (non-hydrogen) atoms. The van der Waals surface area contributed by atoms with Gasteiger partial charge in [-0.2, -0.15) is 0 Å². The molecule has 1 saturated carbocycles. The second-order valence-electron chi connectivity index (χ2n) is 8.41. The molecular weight excluding hydrogens is 434 g/mol. The quantitative estimate of drug-likeness (QED) is 0.593. The molecule has 1 aliphatic carbocycles. The summed E-state index contributed by atoms with van der Waals surface area (Å²) in [5.41, 5.74) is 0. The summed E-state index contributed by atoms with van der Waals surface area (Å²) in [6.07, 6.45) is 2.88. The predicted molar refractivity (Wildman–Crippen MR) is 119 cm³/mol. The lowest BCUT2D eigenvalue weighted by Crippen LogP contribution is -2.51. The molecule has 3 rings (SSSR count). The van der Waals surface area contributed by atoms with Crippen molar-refractivity contribution in [3.8, 4) is 5.75 Å². The number of hydrogen-bond acceptors (Lipinski definition) is 6. The van der Waals surface area contributed by atoms with Gasteiger partial charge in [0, 0.05) is 25.6 Å². The predicted octanol–water partition coefficient (Wildman–Crippen LogP) is 1.14. The topological polar surface area (TPSA) is 114 Å². The maximum Gasteiger partial charge on any atom is 0.245 e. The Morgan fingerprint density at radius 1 is 1.12 bits per heavy atom. The first-order valence-electron chi connectivity index (χ1n) is 11.1. The van der Waals surface area contributed by atoms with E-state index in [9.17, 15) is 18.0 Å². The summed E-state index contributed by atoms with van der Waals surface area (Å²) in [5, 5.41) is 2.86. The molecule has 2 fully saturated rings. The largest absolute Gasteiger partial charge is 0.497 e. The van der Waals surface area contributed by atoms with Gasteiger partial charge in [0.05, 0.1) is 25.2 Å². The molecule has 0 radical (unpaired) electrons. The lowest BCUT2D eigenvalue weighted by atomic mass is 9.81. The van der Waals surface area contributed by atoms with Gasteiger partial charge in [0.25, 0.3) is 0 Å². The van der Waals surface area contributed by atoms with Crippen LogP contribution in [0.15, 0.2) is 29.2 Å². The van der Waals surface area contributed by atoms with Crippen LogP contribution in [0.5, 0.6) is 5.75 Å². The van der Waals surface area contributed by atoms with E-state index in [1.165, 1.54) is 19.2 Å². The van der Waals surface area contributed by atoms with Gasteiger partial charge in [-0.3, -0.25) is 9.59 Å². The lowest BCUT2D eigenvalue weighted by Gasteiger charge is -2.31. The van der Waals surface area contributed by atoms with Crippen molar-refractivity contribution in [3.63, 3.8) is 0 Å². The number of carbonyl (C=O) groups excluding carboxylic acids is 2. The van der Waals surface area contributed by atoms with Crippen LogP contribution in [0.4, 0.5) is 0 Å². The molecule has 1 aliphatic heterocycles. The second kappa shape index (κ2) is 11.1. The van der Waals surface area contributed by atoms with Crippen molar-refractivity contribution in [2.75, 3.05) is 40.0 Å². The van der Waals surface area contributed by atoms with Crippen molar-refractivity contribution in [1.82, 2.24) is 14.9 Å². The average molecular weight is 468 g/mol. The van der Waals surface area contributed by atoms with Crippen LogP contribution in [0.3, 0.4) is 0 Å². The molecule has 178 valence electrons. The number of nitrogens with zero attached hydrogens (tertiary/aromatic N) is 1. The SMILES string of the molecule is COc1ccc(S(=O)(=O)NCC2CCC(C(=O)NC(C)C(=O)N3CCOCC3)CC2)cc1. The van der Waals surface area contributed by atoms with E-state index in [2.05, 4.69) is 10.0 Å². The maximum atomic E-state index is 12.6. The number of sulfonamides is 1. The average Bonchev–Trinajstić information content (AvgIpc) is 2.83. The first kappa shape index (κ1) is 24.5. The first-order valence-corrected chi connectivity index (χ1v) is 12.6. The molecule has 1 heterocycles. The molecule has 2 N–H and O–H groups in total.